The number of rotatable bonds is 6. The van der Waals surface area contributed by atoms with E-state index >= 15 is 0 Å². The number of hydrogen-bond acceptors (Lipinski definition) is 11. The number of aromatic nitrogens is 1. The van der Waals surface area contributed by atoms with Gasteiger partial charge < -0.3 is 28.5 Å². The average molecular weight is 530 g/mol. The third kappa shape index (κ3) is 5.15. The summed E-state index contributed by atoms with van der Waals surface area (Å²) in [5, 5.41) is 11.5. The Morgan fingerprint density at radius 3 is 2.53 bits per heavy atom. The number of fused-ring (bicyclic) bond motifs is 2. The van der Waals surface area contributed by atoms with Crippen molar-refractivity contribution in [2.45, 2.75) is 70.9 Å². The summed E-state index contributed by atoms with van der Waals surface area (Å²) in [6.07, 6.45) is 1.24. The summed E-state index contributed by atoms with van der Waals surface area (Å²) in [5.74, 6) is -2.70. The Labute approximate surface area is 219 Å². The molecule has 4 rings (SSSR count). The summed E-state index contributed by atoms with van der Waals surface area (Å²) in [7, 11) is 0. The molecule has 1 saturated carbocycles. The van der Waals surface area contributed by atoms with E-state index < -0.39 is 58.8 Å². The highest BCUT2D eigenvalue weighted by Gasteiger charge is 2.60. The van der Waals surface area contributed by atoms with Crippen molar-refractivity contribution < 1.29 is 42.9 Å². The molecule has 11 nitrogen and oxygen atoms in total. The van der Waals surface area contributed by atoms with Crippen LogP contribution >= 0.6 is 0 Å². The molecule has 0 unspecified atom stereocenters. The van der Waals surface area contributed by atoms with Gasteiger partial charge in [-0.2, -0.15) is 0 Å². The van der Waals surface area contributed by atoms with Gasteiger partial charge in [0.25, 0.3) is 0 Å². The summed E-state index contributed by atoms with van der Waals surface area (Å²) < 4.78 is 28.4. The van der Waals surface area contributed by atoms with Crippen molar-refractivity contribution in [2.24, 2.45) is 11.8 Å². The van der Waals surface area contributed by atoms with Crippen molar-refractivity contribution in [3.05, 3.63) is 46.6 Å². The molecule has 0 saturated heterocycles. The first-order chi connectivity index (χ1) is 17.8. The Hall–Kier alpha value is -3.73. The maximum atomic E-state index is 13.1. The molecule has 11 heteroatoms. The Morgan fingerprint density at radius 2 is 1.92 bits per heavy atom. The lowest BCUT2D eigenvalue weighted by molar-refractivity contribution is -0.215. The van der Waals surface area contributed by atoms with Crippen LogP contribution in [-0.4, -0.2) is 51.9 Å². The number of ether oxygens (including phenoxy) is 4. The number of hydrogen-bond donors (Lipinski definition) is 1. The molecule has 1 N–H and O–H groups in total. The van der Waals surface area contributed by atoms with Crippen LogP contribution in [0.4, 0.5) is 0 Å². The third-order valence-corrected chi connectivity index (χ3v) is 7.43. The van der Waals surface area contributed by atoms with Gasteiger partial charge in [0.1, 0.15) is 41.0 Å². The van der Waals surface area contributed by atoms with E-state index in [0.717, 1.165) is 0 Å². The molecule has 1 aliphatic heterocycles. The summed E-state index contributed by atoms with van der Waals surface area (Å²) >= 11 is 0. The summed E-state index contributed by atoms with van der Waals surface area (Å²) in [5.41, 5.74) is -2.83. The van der Waals surface area contributed by atoms with Crippen LogP contribution in [-0.2, 0) is 28.6 Å². The van der Waals surface area contributed by atoms with E-state index in [0.29, 0.717) is 5.56 Å². The molecule has 2 aromatic heterocycles. The number of aliphatic hydroxyl groups excluding tert-OH is 1. The average Bonchev–Trinajstić information content (AvgIpc) is 2.83. The Morgan fingerprint density at radius 1 is 1.18 bits per heavy atom. The molecule has 0 amide bonds. The number of carbonyl (C=O) groups is 3. The maximum absolute atomic E-state index is 13.1. The SMILES string of the molecule is CC(=O)OC[C@@](C)(OC(C)=O)[C@H]1C[C@@H](OC(C)=O)[C@]2(C)Oc3cc(-c4cccnc4)oc(=O)c3[C@@H](O)[C@@H]2C1. The molecule has 6 atom stereocenters. The van der Waals surface area contributed by atoms with Crippen LogP contribution < -0.4 is 10.4 Å². The Bertz CT molecular complexity index is 1290. The van der Waals surface area contributed by atoms with Crippen LogP contribution in [0.3, 0.4) is 0 Å². The van der Waals surface area contributed by atoms with Crippen molar-refractivity contribution in [2.75, 3.05) is 6.61 Å². The van der Waals surface area contributed by atoms with E-state index in [-0.39, 0.29) is 36.5 Å². The molecular formula is C27H31NO10. The minimum atomic E-state index is -1.35. The number of aliphatic hydroxyl groups is 1. The topological polar surface area (TPSA) is 151 Å². The fourth-order valence-corrected chi connectivity index (χ4v) is 5.54. The van der Waals surface area contributed by atoms with Gasteiger partial charge in [-0.1, -0.05) is 0 Å². The Balaban J connectivity index is 1.78. The molecule has 0 spiro atoms. The first kappa shape index (κ1) is 27.3. The third-order valence-electron chi connectivity index (χ3n) is 7.43. The molecule has 0 bridgehead atoms. The van der Waals surface area contributed by atoms with Crippen molar-refractivity contribution in [1.29, 1.82) is 0 Å². The first-order valence-electron chi connectivity index (χ1n) is 12.3. The van der Waals surface area contributed by atoms with Crippen molar-refractivity contribution in [1.82, 2.24) is 4.98 Å². The van der Waals surface area contributed by atoms with E-state index in [4.69, 9.17) is 23.4 Å². The summed E-state index contributed by atoms with van der Waals surface area (Å²) in [6, 6.07) is 4.92. The predicted octanol–water partition coefficient (Wildman–Crippen LogP) is 2.73. The number of nitrogens with zero attached hydrogens (tertiary/aromatic N) is 1. The van der Waals surface area contributed by atoms with Crippen LogP contribution in [0.15, 0.2) is 39.8 Å². The number of carbonyl (C=O) groups excluding carboxylic acids is 3. The fraction of sp³-hybridized carbons (Fsp3) is 0.519. The molecular weight excluding hydrogens is 498 g/mol. The lowest BCUT2D eigenvalue weighted by atomic mass is 9.62. The zero-order chi connectivity index (χ0) is 27.8. The lowest BCUT2D eigenvalue weighted by Crippen LogP contribution is -2.63. The zero-order valence-electron chi connectivity index (χ0n) is 21.9. The van der Waals surface area contributed by atoms with E-state index in [1.54, 1.807) is 32.2 Å². The maximum Gasteiger partial charge on any atom is 0.345 e. The minimum Gasteiger partial charge on any atom is -0.482 e. The van der Waals surface area contributed by atoms with Crippen LogP contribution in [0.25, 0.3) is 11.3 Å². The van der Waals surface area contributed by atoms with Crippen molar-refractivity contribution in [3.8, 4) is 17.1 Å². The van der Waals surface area contributed by atoms with Crippen LogP contribution in [0, 0.1) is 11.8 Å². The first-order valence-corrected chi connectivity index (χ1v) is 12.3. The smallest absolute Gasteiger partial charge is 0.345 e. The molecule has 0 radical (unpaired) electrons. The second-order valence-electron chi connectivity index (χ2n) is 10.2. The predicted molar refractivity (Wildman–Crippen MR) is 131 cm³/mol. The molecule has 1 fully saturated rings. The Kier molecular flexibility index (Phi) is 7.33. The van der Waals surface area contributed by atoms with Crippen LogP contribution in [0.2, 0.25) is 0 Å². The second kappa shape index (κ2) is 10.2. The summed E-state index contributed by atoms with van der Waals surface area (Å²) in [4.78, 5) is 52.8. The van der Waals surface area contributed by atoms with Gasteiger partial charge in [0.15, 0.2) is 0 Å². The van der Waals surface area contributed by atoms with Crippen molar-refractivity contribution >= 4 is 17.9 Å². The van der Waals surface area contributed by atoms with Gasteiger partial charge >= 0.3 is 23.5 Å². The monoisotopic (exact) mass is 529 g/mol. The number of esters is 3. The number of pyridine rings is 1. The molecule has 0 aromatic carbocycles. The fourth-order valence-electron chi connectivity index (χ4n) is 5.54. The van der Waals surface area contributed by atoms with Gasteiger partial charge in [0, 0.05) is 56.6 Å². The minimum absolute atomic E-state index is 0.0588. The highest BCUT2D eigenvalue weighted by Crippen LogP contribution is 2.54. The van der Waals surface area contributed by atoms with Gasteiger partial charge in [-0.3, -0.25) is 19.4 Å². The van der Waals surface area contributed by atoms with E-state index in [1.165, 1.54) is 33.0 Å². The van der Waals surface area contributed by atoms with Crippen LogP contribution in [0.1, 0.15) is 59.1 Å². The van der Waals surface area contributed by atoms with E-state index in [2.05, 4.69) is 4.98 Å². The standard InChI is InChI=1S/C27H31NO10/c1-14(29)34-13-26(4,37-16(3)31)18-9-19-24(32)23-21(38-27(19,5)22(10-18)35-15(2)30)11-20(36-25(23)33)17-7-6-8-28-12-17/h6-8,11-12,18-19,22,24,32H,9-10,13H2,1-5H3/t18-,19+,22-,24+,26-,27-/m1/s1. The van der Waals surface area contributed by atoms with Crippen molar-refractivity contribution in [3.63, 3.8) is 0 Å². The lowest BCUT2D eigenvalue weighted by Gasteiger charge is -2.54. The van der Waals surface area contributed by atoms with E-state index in [9.17, 15) is 24.3 Å². The van der Waals surface area contributed by atoms with Gasteiger partial charge in [0.05, 0.1) is 6.10 Å². The van der Waals surface area contributed by atoms with Crippen LogP contribution in [0.5, 0.6) is 5.75 Å². The second-order valence-corrected chi connectivity index (χ2v) is 10.2. The normalized spacial score (nSPS) is 27.5. The molecule has 2 aliphatic rings. The highest BCUT2D eigenvalue weighted by atomic mass is 16.6. The zero-order valence-corrected chi connectivity index (χ0v) is 21.9. The van der Waals surface area contributed by atoms with Gasteiger partial charge in [0.2, 0.25) is 0 Å². The molecule has 204 valence electrons. The molecule has 38 heavy (non-hydrogen) atoms. The molecule has 1 aliphatic carbocycles. The van der Waals surface area contributed by atoms with Gasteiger partial charge in [-0.15, -0.1) is 0 Å². The van der Waals surface area contributed by atoms with E-state index in [1.807, 2.05) is 0 Å². The quantitative estimate of drug-likeness (QED) is 0.434. The highest BCUT2D eigenvalue weighted by molar-refractivity contribution is 5.68. The van der Waals surface area contributed by atoms with Gasteiger partial charge in [-0.05, 0) is 38.8 Å². The molecule has 2 aromatic rings. The van der Waals surface area contributed by atoms with Gasteiger partial charge in [-0.25, -0.2) is 4.79 Å². The summed E-state index contributed by atoms with van der Waals surface area (Å²) in [6.45, 7) is 6.82. The largest absolute Gasteiger partial charge is 0.482 e. The molecule has 3 heterocycles.